The fourth-order valence-corrected chi connectivity index (χ4v) is 3.83. The SMILES string of the molecule is CC(N)Cc1cccc(Cl)c1N(C)C1CCCCC1C. The van der Waals surface area contributed by atoms with Crippen molar-refractivity contribution in [1.29, 1.82) is 0 Å². The molecule has 2 nitrogen and oxygen atoms in total. The summed E-state index contributed by atoms with van der Waals surface area (Å²) in [5.74, 6) is 0.730. The lowest BCUT2D eigenvalue weighted by Crippen LogP contribution is -2.39. The molecule has 2 rings (SSSR count). The van der Waals surface area contributed by atoms with Crippen LogP contribution in [0.5, 0.6) is 0 Å². The molecular formula is C17H27ClN2. The first-order valence-corrected chi connectivity index (χ1v) is 8.14. The highest BCUT2D eigenvalue weighted by Crippen LogP contribution is 2.36. The van der Waals surface area contributed by atoms with Gasteiger partial charge in [-0.15, -0.1) is 0 Å². The Morgan fingerprint density at radius 1 is 1.35 bits per heavy atom. The Balaban J connectivity index is 2.30. The van der Waals surface area contributed by atoms with Crippen molar-refractivity contribution in [3.05, 3.63) is 28.8 Å². The zero-order valence-electron chi connectivity index (χ0n) is 12.9. The van der Waals surface area contributed by atoms with Crippen LogP contribution in [0, 0.1) is 5.92 Å². The van der Waals surface area contributed by atoms with Gasteiger partial charge in [-0.05, 0) is 43.7 Å². The molecule has 1 aromatic carbocycles. The van der Waals surface area contributed by atoms with E-state index in [-0.39, 0.29) is 6.04 Å². The lowest BCUT2D eigenvalue weighted by atomic mass is 9.84. The molecule has 1 aliphatic carbocycles. The number of para-hydroxylation sites is 1. The highest BCUT2D eigenvalue weighted by Gasteiger charge is 2.27. The first kappa shape index (κ1) is 15.7. The minimum Gasteiger partial charge on any atom is -0.370 e. The summed E-state index contributed by atoms with van der Waals surface area (Å²) < 4.78 is 0. The van der Waals surface area contributed by atoms with E-state index < -0.39 is 0 Å². The van der Waals surface area contributed by atoms with Gasteiger partial charge >= 0.3 is 0 Å². The Morgan fingerprint density at radius 2 is 2.05 bits per heavy atom. The van der Waals surface area contributed by atoms with E-state index in [0.29, 0.717) is 6.04 Å². The maximum atomic E-state index is 6.49. The van der Waals surface area contributed by atoms with Crippen molar-refractivity contribution in [3.8, 4) is 0 Å². The Kier molecular flexibility index (Phi) is 5.34. The number of hydrogen-bond acceptors (Lipinski definition) is 2. The average molecular weight is 295 g/mol. The summed E-state index contributed by atoms with van der Waals surface area (Å²) in [6.07, 6.45) is 6.15. The number of rotatable bonds is 4. The third-order valence-corrected chi connectivity index (χ3v) is 4.83. The molecule has 0 spiro atoms. The van der Waals surface area contributed by atoms with Gasteiger partial charge in [0.15, 0.2) is 0 Å². The van der Waals surface area contributed by atoms with Crippen molar-refractivity contribution in [3.63, 3.8) is 0 Å². The van der Waals surface area contributed by atoms with Crippen molar-refractivity contribution in [2.75, 3.05) is 11.9 Å². The first-order chi connectivity index (χ1) is 9.50. The molecule has 0 aromatic heterocycles. The van der Waals surface area contributed by atoms with Crippen LogP contribution < -0.4 is 10.6 Å². The zero-order chi connectivity index (χ0) is 14.7. The van der Waals surface area contributed by atoms with Crippen LogP contribution in [0.2, 0.25) is 5.02 Å². The number of anilines is 1. The van der Waals surface area contributed by atoms with E-state index in [0.717, 1.165) is 17.4 Å². The molecule has 20 heavy (non-hydrogen) atoms. The Morgan fingerprint density at radius 3 is 2.70 bits per heavy atom. The lowest BCUT2D eigenvalue weighted by molar-refractivity contribution is 0.321. The van der Waals surface area contributed by atoms with Gasteiger partial charge in [-0.3, -0.25) is 0 Å². The molecule has 0 amide bonds. The number of benzene rings is 1. The highest BCUT2D eigenvalue weighted by atomic mass is 35.5. The molecule has 0 bridgehead atoms. The quantitative estimate of drug-likeness (QED) is 0.900. The Bertz CT molecular complexity index is 445. The zero-order valence-corrected chi connectivity index (χ0v) is 13.7. The molecule has 3 atom stereocenters. The Hall–Kier alpha value is -0.730. The van der Waals surface area contributed by atoms with Crippen molar-refractivity contribution >= 4 is 17.3 Å². The van der Waals surface area contributed by atoms with Gasteiger partial charge in [-0.2, -0.15) is 0 Å². The van der Waals surface area contributed by atoms with E-state index in [1.165, 1.54) is 36.9 Å². The van der Waals surface area contributed by atoms with Crippen molar-refractivity contribution in [1.82, 2.24) is 0 Å². The summed E-state index contributed by atoms with van der Waals surface area (Å²) >= 11 is 6.49. The van der Waals surface area contributed by atoms with E-state index in [1.54, 1.807) is 0 Å². The fraction of sp³-hybridized carbons (Fsp3) is 0.647. The van der Waals surface area contributed by atoms with E-state index >= 15 is 0 Å². The summed E-state index contributed by atoms with van der Waals surface area (Å²) in [6.45, 7) is 4.41. The minimum absolute atomic E-state index is 0.157. The molecule has 1 aliphatic rings. The summed E-state index contributed by atoms with van der Waals surface area (Å²) in [7, 11) is 2.19. The van der Waals surface area contributed by atoms with Crippen LogP contribution in [0.25, 0.3) is 0 Å². The standard InChI is InChI=1S/C17H27ClN2/c1-12-7-4-5-10-16(12)20(3)17-14(11-13(2)19)8-6-9-15(17)18/h6,8-9,12-13,16H,4-5,7,10-11,19H2,1-3H3. The summed E-state index contributed by atoms with van der Waals surface area (Å²) in [5, 5.41) is 0.850. The normalized spacial score (nSPS) is 24.4. The van der Waals surface area contributed by atoms with Crippen LogP contribution in [-0.2, 0) is 6.42 Å². The van der Waals surface area contributed by atoms with Gasteiger partial charge < -0.3 is 10.6 Å². The molecule has 3 heteroatoms. The summed E-state index contributed by atoms with van der Waals surface area (Å²) in [5.41, 5.74) is 8.44. The molecule has 0 aliphatic heterocycles. The molecule has 0 saturated heterocycles. The molecule has 1 saturated carbocycles. The third kappa shape index (κ3) is 3.48. The molecule has 112 valence electrons. The molecule has 0 radical (unpaired) electrons. The average Bonchev–Trinajstić information content (AvgIpc) is 2.38. The van der Waals surface area contributed by atoms with Gasteiger partial charge in [0.25, 0.3) is 0 Å². The number of nitrogens with two attached hydrogens (primary N) is 1. The van der Waals surface area contributed by atoms with Gasteiger partial charge in [0.2, 0.25) is 0 Å². The highest BCUT2D eigenvalue weighted by molar-refractivity contribution is 6.33. The largest absolute Gasteiger partial charge is 0.370 e. The van der Waals surface area contributed by atoms with E-state index in [4.69, 9.17) is 17.3 Å². The fourth-order valence-electron chi connectivity index (χ4n) is 3.50. The maximum absolute atomic E-state index is 6.49. The van der Waals surface area contributed by atoms with Gasteiger partial charge in [-0.1, -0.05) is 43.5 Å². The smallest absolute Gasteiger partial charge is 0.0642 e. The molecule has 2 N–H and O–H groups in total. The molecular weight excluding hydrogens is 268 g/mol. The van der Waals surface area contributed by atoms with Crippen molar-refractivity contribution in [2.24, 2.45) is 11.7 Å². The topological polar surface area (TPSA) is 29.3 Å². The van der Waals surface area contributed by atoms with Crippen molar-refractivity contribution in [2.45, 2.75) is 58.0 Å². The maximum Gasteiger partial charge on any atom is 0.0642 e. The minimum atomic E-state index is 0.157. The van der Waals surface area contributed by atoms with Gasteiger partial charge in [0.1, 0.15) is 0 Å². The molecule has 3 unspecified atom stereocenters. The van der Waals surface area contributed by atoms with E-state index in [1.807, 2.05) is 19.1 Å². The summed E-state index contributed by atoms with van der Waals surface area (Å²) in [4.78, 5) is 2.41. The number of nitrogens with zero attached hydrogens (tertiary/aromatic N) is 1. The number of halogens is 1. The predicted octanol–water partition coefficient (Wildman–Crippen LogP) is 4.24. The van der Waals surface area contributed by atoms with Gasteiger partial charge in [-0.25, -0.2) is 0 Å². The van der Waals surface area contributed by atoms with Gasteiger partial charge in [0.05, 0.1) is 10.7 Å². The van der Waals surface area contributed by atoms with Crippen LogP contribution >= 0.6 is 11.6 Å². The first-order valence-electron chi connectivity index (χ1n) is 7.76. The number of hydrogen-bond donors (Lipinski definition) is 1. The molecule has 1 aromatic rings. The van der Waals surface area contributed by atoms with Crippen LogP contribution in [-0.4, -0.2) is 19.1 Å². The van der Waals surface area contributed by atoms with Crippen LogP contribution in [0.3, 0.4) is 0 Å². The summed E-state index contributed by atoms with van der Waals surface area (Å²) in [6, 6.07) is 6.93. The second-order valence-electron chi connectivity index (χ2n) is 6.37. The Labute approximate surface area is 128 Å². The van der Waals surface area contributed by atoms with Crippen molar-refractivity contribution < 1.29 is 0 Å². The lowest BCUT2D eigenvalue weighted by Gasteiger charge is -2.39. The van der Waals surface area contributed by atoms with Crippen LogP contribution in [0.4, 0.5) is 5.69 Å². The van der Waals surface area contributed by atoms with E-state index in [9.17, 15) is 0 Å². The second-order valence-corrected chi connectivity index (χ2v) is 6.78. The van der Waals surface area contributed by atoms with Gasteiger partial charge in [0, 0.05) is 19.1 Å². The predicted molar refractivity (Wildman–Crippen MR) is 88.6 cm³/mol. The van der Waals surface area contributed by atoms with Crippen LogP contribution in [0.1, 0.15) is 45.1 Å². The van der Waals surface area contributed by atoms with Crippen LogP contribution in [0.15, 0.2) is 18.2 Å². The molecule has 1 fully saturated rings. The third-order valence-electron chi connectivity index (χ3n) is 4.53. The second kappa shape index (κ2) is 6.82. The monoisotopic (exact) mass is 294 g/mol. The van der Waals surface area contributed by atoms with E-state index in [2.05, 4.69) is 24.9 Å². The molecule has 0 heterocycles.